The molecule has 0 radical (unpaired) electrons. The summed E-state index contributed by atoms with van der Waals surface area (Å²) >= 11 is 0. The van der Waals surface area contributed by atoms with Crippen molar-refractivity contribution in [2.24, 2.45) is 4.99 Å². The van der Waals surface area contributed by atoms with Crippen LogP contribution in [0.3, 0.4) is 0 Å². The summed E-state index contributed by atoms with van der Waals surface area (Å²) in [6.07, 6.45) is 0. The first-order chi connectivity index (χ1) is 13.5. The van der Waals surface area contributed by atoms with E-state index in [9.17, 15) is 8.78 Å². The summed E-state index contributed by atoms with van der Waals surface area (Å²) < 4.78 is 35.0. The highest BCUT2D eigenvalue weighted by Gasteiger charge is 2.11. The van der Waals surface area contributed by atoms with Gasteiger partial charge in [-0.15, -0.1) is 0 Å². The molecule has 6 nitrogen and oxygen atoms in total. The standard InChI is InChI=1S/C20H26F2N4O2/c1-23-20(24-11-12-26(2)16-7-5-4-6-8-16)25-14-15-13-17(27-3)9-10-18(15)28-19(21)22/h4-10,13,19H,11-12,14H2,1-3H3,(H2,23,24,25). The highest BCUT2D eigenvalue weighted by molar-refractivity contribution is 5.79. The minimum atomic E-state index is -2.89. The van der Waals surface area contributed by atoms with E-state index in [2.05, 4.69) is 25.3 Å². The number of likely N-dealkylation sites (N-methyl/N-ethyl adjacent to an activating group) is 1. The zero-order valence-electron chi connectivity index (χ0n) is 16.3. The Labute approximate surface area is 164 Å². The van der Waals surface area contributed by atoms with Gasteiger partial charge in [-0.1, -0.05) is 18.2 Å². The van der Waals surface area contributed by atoms with E-state index < -0.39 is 6.61 Å². The molecular weight excluding hydrogens is 366 g/mol. The van der Waals surface area contributed by atoms with Crippen LogP contribution in [0.15, 0.2) is 53.5 Å². The van der Waals surface area contributed by atoms with Crippen LogP contribution in [-0.2, 0) is 6.54 Å². The highest BCUT2D eigenvalue weighted by atomic mass is 19.3. The molecule has 0 aliphatic heterocycles. The molecule has 2 aromatic carbocycles. The molecule has 0 aliphatic carbocycles. The Morgan fingerprint density at radius 1 is 1.14 bits per heavy atom. The number of anilines is 1. The summed E-state index contributed by atoms with van der Waals surface area (Å²) in [6.45, 7) is -1.21. The predicted molar refractivity (Wildman–Crippen MR) is 108 cm³/mol. The van der Waals surface area contributed by atoms with Crippen molar-refractivity contribution in [2.45, 2.75) is 13.2 Å². The van der Waals surface area contributed by atoms with E-state index >= 15 is 0 Å². The molecule has 2 N–H and O–H groups in total. The van der Waals surface area contributed by atoms with Crippen LogP contribution in [0.25, 0.3) is 0 Å². The molecule has 0 spiro atoms. The third-order valence-electron chi connectivity index (χ3n) is 4.09. The van der Waals surface area contributed by atoms with Crippen molar-refractivity contribution in [3.8, 4) is 11.5 Å². The van der Waals surface area contributed by atoms with E-state index in [0.29, 0.717) is 23.8 Å². The number of alkyl halides is 2. The molecule has 0 bridgehead atoms. The minimum absolute atomic E-state index is 0.0996. The third kappa shape index (κ3) is 6.61. The molecule has 0 saturated heterocycles. The van der Waals surface area contributed by atoms with Crippen LogP contribution in [-0.4, -0.2) is 46.9 Å². The van der Waals surface area contributed by atoms with E-state index in [0.717, 1.165) is 12.2 Å². The molecule has 28 heavy (non-hydrogen) atoms. The molecule has 0 aromatic heterocycles. The number of ether oxygens (including phenoxy) is 2. The van der Waals surface area contributed by atoms with Gasteiger partial charge < -0.3 is 25.0 Å². The maximum Gasteiger partial charge on any atom is 0.387 e. The van der Waals surface area contributed by atoms with Crippen molar-refractivity contribution in [3.63, 3.8) is 0 Å². The van der Waals surface area contributed by atoms with Crippen LogP contribution in [0.1, 0.15) is 5.56 Å². The topological polar surface area (TPSA) is 58.1 Å². The lowest BCUT2D eigenvalue weighted by atomic mass is 10.2. The van der Waals surface area contributed by atoms with Crippen LogP contribution >= 0.6 is 0 Å². The first-order valence-corrected chi connectivity index (χ1v) is 8.86. The largest absolute Gasteiger partial charge is 0.497 e. The molecule has 2 rings (SSSR count). The van der Waals surface area contributed by atoms with Crippen molar-refractivity contribution >= 4 is 11.6 Å². The minimum Gasteiger partial charge on any atom is -0.497 e. The van der Waals surface area contributed by atoms with Gasteiger partial charge in [-0.25, -0.2) is 0 Å². The number of nitrogens with one attached hydrogen (secondary N) is 2. The third-order valence-corrected chi connectivity index (χ3v) is 4.09. The van der Waals surface area contributed by atoms with Crippen LogP contribution in [0.5, 0.6) is 11.5 Å². The van der Waals surface area contributed by atoms with E-state index in [1.54, 1.807) is 19.2 Å². The zero-order chi connectivity index (χ0) is 20.4. The fourth-order valence-electron chi connectivity index (χ4n) is 2.59. The number of halogens is 2. The number of nitrogens with zero attached hydrogens (tertiary/aromatic N) is 2. The Balaban J connectivity index is 1.89. The van der Waals surface area contributed by atoms with Crippen molar-refractivity contribution in [1.82, 2.24) is 10.6 Å². The fraction of sp³-hybridized carbons (Fsp3) is 0.350. The van der Waals surface area contributed by atoms with Crippen LogP contribution in [0.2, 0.25) is 0 Å². The average Bonchev–Trinajstić information content (AvgIpc) is 2.71. The van der Waals surface area contributed by atoms with Crippen molar-refractivity contribution in [3.05, 3.63) is 54.1 Å². The molecule has 0 unspecified atom stereocenters. The van der Waals surface area contributed by atoms with E-state index in [1.165, 1.54) is 13.2 Å². The average molecular weight is 392 g/mol. The van der Waals surface area contributed by atoms with Crippen LogP contribution < -0.4 is 25.0 Å². The monoisotopic (exact) mass is 392 g/mol. The number of para-hydroxylation sites is 1. The van der Waals surface area contributed by atoms with Gasteiger partial charge in [0.2, 0.25) is 0 Å². The lowest BCUT2D eigenvalue weighted by molar-refractivity contribution is -0.0504. The summed E-state index contributed by atoms with van der Waals surface area (Å²) in [6, 6.07) is 14.7. The Morgan fingerprint density at radius 3 is 2.54 bits per heavy atom. The molecular formula is C20H26F2N4O2. The first-order valence-electron chi connectivity index (χ1n) is 8.86. The first kappa shape index (κ1) is 21.3. The molecule has 0 heterocycles. The van der Waals surface area contributed by atoms with Gasteiger partial charge in [-0.2, -0.15) is 8.78 Å². The smallest absolute Gasteiger partial charge is 0.387 e. The Morgan fingerprint density at radius 2 is 1.89 bits per heavy atom. The zero-order valence-corrected chi connectivity index (χ0v) is 16.3. The van der Waals surface area contributed by atoms with Crippen molar-refractivity contribution in [2.75, 3.05) is 39.2 Å². The number of guanidine groups is 1. The molecule has 0 aliphatic rings. The second-order valence-corrected chi connectivity index (χ2v) is 5.96. The number of aliphatic imine (C=N–C) groups is 1. The highest BCUT2D eigenvalue weighted by Crippen LogP contribution is 2.25. The number of methoxy groups -OCH3 is 1. The number of benzene rings is 2. The number of hydrogen-bond acceptors (Lipinski definition) is 4. The summed E-state index contributed by atoms with van der Waals surface area (Å²) in [5.74, 6) is 1.22. The lowest BCUT2D eigenvalue weighted by Crippen LogP contribution is -2.40. The molecule has 2 aromatic rings. The Hall–Kier alpha value is -3.03. The molecule has 0 atom stereocenters. The lowest BCUT2D eigenvalue weighted by Gasteiger charge is -2.20. The molecule has 152 valence electrons. The van der Waals surface area contributed by atoms with Crippen molar-refractivity contribution < 1.29 is 18.3 Å². The molecule has 0 saturated carbocycles. The summed E-state index contributed by atoms with van der Waals surface area (Å²) in [4.78, 5) is 6.28. The quantitative estimate of drug-likeness (QED) is 0.507. The summed E-state index contributed by atoms with van der Waals surface area (Å²) in [5.41, 5.74) is 1.67. The van der Waals surface area contributed by atoms with Gasteiger partial charge in [0.1, 0.15) is 11.5 Å². The van der Waals surface area contributed by atoms with E-state index in [1.807, 2.05) is 37.4 Å². The van der Waals surface area contributed by atoms with Gasteiger partial charge in [0.25, 0.3) is 0 Å². The summed E-state index contributed by atoms with van der Waals surface area (Å²) in [7, 11) is 5.18. The predicted octanol–water partition coefficient (Wildman–Crippen LogP) is 3.10. The van der Waals surface area contributed by atoms with E-state index in [-0.39, 0.29) is 12.3 Å². The van der Waals surface area contributed by atoms with Gasteiger partial charge in [0.15, 0.2) is 5.96 Å². The number of rotatable bonds is 9. The fourth-order valence-corrected chi connectivity index (χ4v) is 2.59. The second-order valence-electron chi connectivity index (χ2n) is 5.96. The van der Waals surface area contributed by atoms with Crippen molar-refractivity contribution in [1.29, 1.82) is 0 Å². The normalized spacial score (nSPS) is 11.3. The van der Waals surface area contributed by atoms with Gasteiger partial charge >= 0.3 is 6.61 Å². The molecule has 0 fully saturated rings. The van der Waals surface area contributed by atoms with Crippen LogP contribution in [0, 0.1) is 0 Å². The van der Waals surface area contributed by atoms with Gasteiger partial charge in [-0.05, 0) is 30.3 Å². The molecule has 8 heteroatoms. The summed E-state index contributed by atoms with van der Waals surface area (Å²) in [5, 5.41) is 6.31. The van der Waals surface area contributed by atoms with Gasteiger partial charge in [0, 0.05) is 45.0 Å². The second kappa shape index (κ2) is 11.0. The Bertz CT molecular complexity index is 757. The maximum absolute atomic E-state index is 12.6. The molecule has 0 amide bonds. The van der Waals surface area contributed by atoms with Crippen LogP contribution in [0.4, 0.5) is 14.5 Å². The van der Waals surface area contributed by atoms with E-state index in [4.69, 9.17) is 4.74 Å². The van der Waals surface area contributed by atoms with Gasteiger partial charge in [-0.3, -0.25) is 4.99 Å². The number of hydrogen-bond donors (Lipinski definition) is 2. The maximum atomic E-state index is 12.6. The SMILES string of the molecule is CN=C(NCCN(C)c1ccccc1)NCc1cc(OC)ccc1OC(F)F. The Kier molecular flexibility index (Phi) is 8.33. The van der Waals surface area contributed by atoms with Gasteiger partial charge in [0.05, 0.1) is 7.11 Å².